The minimum absolute atomic E-state index is 0.153. The lowest BCUT2D eigenvalue weighted by atomic mass is 9.98. The molecule has 0 saturated heterocycles. The van der Waals surface area contributed by atoms with Crippen molar-refractivity contribution in [2.75, 3.05) is 0 Å². The van der Waals surface area contributed by atoms with Crippen molar-refractivity contribution < 1.29 is 0 Å². The van der Waals surface area contributed by atoms with Gasteiger partial charge in [0.2, 0.25) is 0 Å². The van der Waals surface area contributed by atoms with E-state index in [1.165, 1.54) is 25.0 Å². The second-order valence-electron chi connectivity index (χ2n) is 4.01. The highest BCUT2D eigenvalue weighted by Crippen LogP contribution is 2.51. The van der Waals surface area contributed by atoms with E-state index in [1.807, 2.05) is 11.7 Å². The largest absolute Gasteiger partial charge is 0.292 e. The third kappa shape index (κ3) is 0.564. The lowest BCUT2D eigenvalue weighted by Gasteiger charge is -2.10. The number of H-pyrrole nitrogens is 1. The van der Waals surface area contributed by atoms with E-state index in [-0.39, 0.29) is 5.56 Å². The van der Waals surface area contributed by atoms with Crippen LogP contribution in [-0.2, 0) is 7.05 Å². The van der Waals surface area contributed by atoms with Gasteiger partial charge < -0.3 is 0 Å². The molecular weight excluding hydrogens is 152 g/mol. The van der Waals surface area contributed by atoms with E-state index in [0.29, 0.717) is 11.8 Å². The molecule has 1 aromatic heterocycles. The van der Waals surface area contributed by atoms with Gasteiger partial charge in [0.1, 0.15) is 0 Å². The molecule has 2 aliphatic carbocycles. The summed E-state index contributed by atoms with van der Waals surface area (Å²) >= 11 is 0. The molecule has 2 unspecified atom stereocenters. The molecule has 2 atom stereocenters. The Hall–Kier alpha value is -0.990. The van der Waals surface area contributed by atoms with Crippen LogP contribution in [0.3, 0.4) is 0 Å². The maximum Gasteiger partial charge on any atom is 0.267 e. The summed E-state index contributed by atoms with van der Waals surface area (Å²) in [6, 6.07) is 0. The van der Waals surface area contributed by atoms with E-state index in [1.54, 1.807) is 0 Å². The third-order valence-electron chi connectivity index (χ3n) is 3.38. The van der Waals surface area contributed by atoms with E-state index < -0.39 is 0 Å². The molecule has 1 N–H and O–H groups in total. The number of aryl methyl sites for hydroxylation is 1. The highest BCUT2D eigenvalue weighted by Gasteiger charge is 2.41. The normalized spacial score (nSPS) is 31.1. The molecular formula is C9H12N2O. The van der Waals surface area contributed by atoms with E-state index in [0.717, 1.165) is 5.56 Å². The Morgan fingerprint density at radius 3 is 2.92 bits per heavy atom. The molecule has 0 radical (unpaired) electrons. The fourth-order valence-electron chi connectivity index (χ4n) is 2.95. The van der Waals surface area contributed by atoms with Crippen LogP contribution in [0.15, 0.2) is 4.79 Å². The summed E-state index contributed by atoms with van der Waals surface area (Å²) in [5.41, 5.74) is 2.53. The molecule has 3 heteroatoms. The van der Waals surface area contributed by atoms with Gasteiger partial charge in [-0.1, -0.05) is 0 Å². The Labute approximate surface area is 70.4 Å². The molecule has 1 fully saturated rings. The van der Waals surface area contributed by atoms with Crippen LogP contribution in [-0.4, -0.2) is 9.78 Å². The Balaban J connectivity index is 2.35. The van der Waals surface area contributed by atoms with Crippen LogP contribution in [0.1, 0.15) is 42.4 Å². The monoisotopic (exact) mass is 164 g/mol. The Morgan fingerprint density at radius 2 is 2.17 bits per heavy atom. The minimum atomic E-state index is 0.153. The molecule has 2 bridgehead atoms. The van der Waals surface area contributed by atoms with Crippen molar-refractivity contribution in [2.24, 2.45) is 7.05 Å². The summed E-state index contributed by atoms with van der Waals surface area (Å²) in [6.45, 7) is 0. The fourth-order valence-corrected chi connectivity index (χ4v) is 2.95. The van der Waals surface area contributed by atoms with Crippen LogP contribution in [0.2, 0.25) is 0 Å². The highest BCUT2D eigenvalue weighted by atomic mass is 16.1. The number of aromatic nitrogens is 2. The first-order valence-corrected chi connectivity index (χ1v) is 4.56. The number of rotatable bonds is 0. The summed E-state index contributed by atoms with van der Waals surface area (Å²) in [7, 11) is 1.95. The predicted octanol–water partition coefficient (Wildman–Crippen LogP) is 1.08. The second-order valence-corrected chi connectivity index (χ2v) is 4.01. The van der Waals surface area contributed by atoms with Gasteiger partial charge >= 0.3 is 0 Å². The lowest BCUT2D eigenvalue weighted by molar-refractivity contribution is 0.623. The SMILES string of the molecule is Cn1[nH]c(=O)c2c1C1CCC2C1. The van der Waals surface area contributed by atoms with E-state index >= 15 is 0 Å². The molecule has 0 amide bonds. The second kappa shape index (κ2) is 1.84. The predicted molar refractivity (Wildman–Crippen MR) is 45.4 cm³/mol. The van der Waals surface area contributed by atoms with Crippen molar-refractivity contribution in [3.63, 3.8) is 0 Å². The molecule has 1 saturated carbocycles. The molecule has 0 aliphatic heterocycles. The summed E-state index contributed by atoms with van der Waals surface area (Å²) < 4.78 is 1.92. The Bertz CT molecular complexity index is 388. The van der Waals surface area contributed by atoms with Gasteiger partial charge in [-0.25, -0.2) is 0 Å². The number of nitrogens with one attached hydrogen (secondary N) is 1. The summed E-state index contributed by atoms with van der Waals surface area (Å²) in [4.78, 5) is 11.4. The summed E-state index contributed by atoms with van der Waals surface area (Å²) in [5.74, 6) is 1.25. The molecule has 0 aromatic carbocycles. The van der Waals surface area contributed by atoms with Gasteiger partial charge in [0.05, 0.1) is 0 Å². The topological polar surface area (TPSA) is 37.8 Å². The maximum absolute atomic E-state index is 11.4. The molecule has 3 nitrogen and oxygen atoms in total. The first-order valence-electron chi connectivity index (χ1n) is 4.56. The van der Waals surface area contributed by atoms with Crippen molar-refractivity contribution in [3.8, 4) is 0 Å². The van der Waals surface area contributed by atoms with Gasteiger partial charge in [-0.15, -0.1) is 0 Å². The summed E-state index contributed by atoms with van der Waals surface area (Å²) in [5, 5.41) is 2.84. The molecule has 3 rings (SSSR count). The van der Waals surface area contributed by atoms with Crippen molar-refractivity contribution >= 4 is 0 Å². The third-order valence-corrected chi connectivity index (χ3v) is 3.38. The van der Waals surface area contributed by atoms with Crippen LogP contribution >= 0.6 is 0 Å². The number of fused-ring (bicyclic) bond motifs is 5. The van der Waals surface area contributed by atoms with Crippen LogP contribution in [0.4, 0.5) is 0 Å². The summed E-state index contributed by atoms with van der Waals surface area (Å²) in [6.07, 6.45) is 3.73. The average Bonchev–Trinajstić information content (AvgIpc) is 2.64. The van der Waals surface area contributed by atoms with Gasteiger partial charge in [-0.05, 0) is 25.2 Å². The van der Waals surface area contributed by atoms with Crippen LogP contribution in [0, 0.1) is 0 Å². The first-order chi connectivity index (χ1) is 5.77. The molecule has 12 heavy (non-hydrogen) atoms. The Morgan fingerprint density at radius 1 is 1.42 bits per heavy atom. The zero-order valence-corrected chi connectivity index (χ0v) is 7.13. The molecule has 0 spiro atoms. The smallest absolute Gasteiger partial charge is 0.267 e. The molecule has 2 aliphatic rings. The maximum atomic E-state index is 11.4. The molecule has 64 valence electrons. The van der Waals surface area contributed by atoms with Crippen molar-refractivity contribution in [3.05, 3.63) is 21.6 Å². The molecule has 1 heterocycles. The van der Waals surface area contributed by atoms with Gasteiger partial charge in [0.15, 0.2) is 0 Å². The van der Waals surface area contributed by atoms with Crippen molar-refractivity contribution in [2.45, 2.75) is 31.1 Å². The van der Waals surface area contributed by atoms with Gasteiger partial charge in [-0.3, -0.25) is 14.6 Å². The van der Waals surface area contributed by atoms with Gasteiger partial charge in [-0.2, -0.15) is 0 Å². The van der Waals surface area contributed by atoms with Crippen LogP contribution in [0.5, 0.6) is 0 Å². The fraction of sp³-hybridized carbons (Fsp3) is 0.667. The number of hydrogen-bond donors (Lipinski definition) is 1. The van der Waals surface area contributed by atoms with Gasteiger partial charge in [0.25, 0.3) is 5.56 Å². The number of aromatic amines is 1. The minimum Gasteiger partial charge on any atom is -0.292 e. The van der Waals surface area contributed by atoms with Crippen LogP contribution in [0.25, 0.3) is 0 Å². The standard InChI is InChI=1S/C9H12N2O/c1-11-8-6-3-2-5(4-6)7(8)9(12)10-11/h5-6H,2-4H2,1H3,(H,10,12). The number of nitrogens with zero attached hydrogens (tertiary/aromatic N) is 1. The van der Waals surface area contributed by atoms with E-state index in [9.17, 15) is 4.79 Å². The van der Waals surface area contributed by atoms with Gasteiger partial charge in [0, 0.05) is 24.2 Å². The van der Waals surface area contributed by atoms with E-state index in [2.05, 4.69) is 5.10 Å². The van der Waals surface area contributed by atoms with Crippen molar-refractivity contribution in [1.82, 2.24) is 9.78 Å². The highest BCUT2D eigenvalue weighted by molar-refractivity contribution is 5.35. The number of hydrogen-bond acceptors (Lipinski definition) is 1. The van der Waals surface area contributed by atoms with Crippen LogP contribution < -0.4 is 5.56 Å². The Kier molecular flexibility index (Phi) is 1.000. The molecule has 1 aromatic rings. The first kappa shape index (κ1) is 6.52. The zero-order chi connectivity index (χ0) is 8.29. The zero-order valence-electron chi connectivity index (χ0n) is 7.13. The van der Waals surface area contributed by atoms with Crippen molar-refractivity contribution in [1.29, 1.82) is 0 Å². The quantitative estimate of drug-likeness (QED) is 0.612. The lowest BCUT2D eigenvalue weighted by Crippen LogP contribution is -2.08. The van der Waals surface area contributed by atoms with E-state index in [4.69, 9.17) is 0 Å². The average molecular weight is 164 g/mol.